The number of hydrogen-bond acceptors (Lipinski definition) is 1. The van der Waals surface area contributed by atoms with Gasteiger partial charge in [-0.3, -0.25) is 0 Å². The van der Waals surface area contributed by atoms with Crippen LogP contribution in [0.1, 0.15) is 108 Å². The van der Waals surface area contributed by atoms with Crippen molar-refractivity contribution in [2.24, 2.45) is 7.05 Å². The van der Waals surface area contributed by atoms with Crippen molar-refractivity contribution in [3.63, 3.8) is 0 Å². The van der Waals surface area contributed by atoms with Crippen LogP contribution in [0.5, 0.6) is 0 Å². The number of anilines is 1. The molecule has 3 aromatic rings. The van der Waals surface area contributed by atoms with Crippen molar-refractivity contribution in [1.82, 2.24) is 0 Å². The molecule has 2 heteroatoms. The van der Waals surface area contributed by atoms with Gasteiger partial charge in [-0.1, -0.05) is 115 Å². The maximum Gasteiger partial charge on any atom is 0.212 e. The number of pyridine rings is 1. The summed E-state index contributed by atoms with van der Waals surface area (Å²) in [6.45, 7) is 3.43. The van der Waals surface area contributed by atoms with Crippen LogP contribution in [0.25, 0.3) is 23.1 Å². The average Bonchev–Trinajstić information content (AvgIpc) is 2.93. The van der Waals surface area contributed by atoms with Crippen molar-refractivity contribution in [3.8, 4) is 0 Å². The highest BCUT2D eigenvalue weighted by atomic mass is 15.1. The van der Waals surface area contributed by atoms with Crippen LogP contribution in [0, 0.1) is 0 Å². The number of aromatic nitrogens is 1. The predicted molar refractivity (Wildman–Crippen MR) is 164 cm³/mol. The van der Waals surface area contributed by atoms with Gasteiger partial charge in [0.1, 0.15) is 7.05 Å². The van der Waals surface area contributed by atoms with E-state index in [-0.39, 0.29) is 0 Å². The minimum Gasteiger partial charge on any atom is -0.375 e. The van der Waals surface area contributed by atoms with Crippen LogP contribution in [0.3, 0.4) is 0 Å². The molecule has 2 nitrogen and oxygen atoms in total. The third kappa shape index (κ3) is 10.3. The minimum absolute atomic E-state index is 1.14. The molecule has 0 aliphatic rings. The quantitative estimate of drug-likeness (QED) is 0.125. The molecule has 200 valence electrons. The van der Waals surface area contributed by atoms with Gasteiger partial charge >= 0.3 is 0 Å². The lowest BCUT2D eigenvalue weighted by molar-refractivity contribution is -0.646. The van der Waals surface area contributed by atoms with Crippen molar-refractivity contribution in [2.45, 2.75) is 96.8 Å². The normalized spacial score (nSPS) is 11.5. The molecule has 37 heavy (non-hydrogen) atoms. The first-order valence-corrected chi connectivity index (χ1v) is 15.1. The number of aryl methyl sites for hydroxylation is 1. The molecule has 1 aromatic heterocycles. The topological polar surface area (TPSA) is 7.12 Å². The summed E-state index contributed by atoms with van der Waals surface area (Å²) < 4.78 is 2.25. The Kier molecular flexibility index (Phi) is 13.3. The Bertz CT molecular complexity index is 1050. The largest absolute Gasteiger partial charge is 0.375 e. The van der Waals surface area contributed by atoms with Gasteiger partial charge in [0.15, 0.2) is 0 Å². The highest BCUT2D eigenvalue weighted by Gasteiger charge is 2.08. The predicted octanol–water partition coefficient (Wildman–Crippen LogP) is 9.75. The van der Waals surface area contributed by atoms with E-state index in [4.69, 9.17) is 0 Å². The van der Waals surface area contributed by atoms with Crippen molar-refractivity contribution in [1.29, 1.82) is 0 Å². The zero-order chi connectivity index (χ0) is 26.1. The van der Waals surface area contributed by atoms with Crippen molar-refractivity contribution < 1.29 is 4.57 Å². The summed E-state index contributed by atoms with van der Waals surface area (Å²) in [6.07, 6.45) is 24.2. The molecule has 0 fully saturated rings. The molecule has 0 atom stereocenters. The van der Waals surface area contributed by atoms with E-state index in [0.717, 1.165) is 6.54 Å². The van der Waals surface area contributed by atoms with Gasteiger partial charge < -0.3 is 4.90 Å². The van der Waals surface area contributed by atoms with Gasteiger partial charge in [0, 0.05) is 42.9 Å². The first kappa shape index (κ1) is 29.0. The van der Waals surface area contributed by atoms with Crippen LogP contribution < -0.4 is 9.47 Å². The lowest BCUT2D eigenvalue weighted by atomic mass is 10.0. The summed E-state index contributed by atoms with van der Waals surface area (Å²) in [6, 6.07) is 21.9. The molecule has 0 amide bonds. The standard InChI is InChI=1S/C35H51N2/c1-4-5-6-7-8-9-10-11-12-13-14-15-16-19-30-36(2)33-26-22-31(23-27-33)24-28-34-29-25-32-20-17-18-21-35(32)37(34)3/h17-18,20-29H,4-16,19,30H2,1-3H3/q+1. The van der Waals surface area contributed by atoms with Crippen LogP contribution in [-0.2, 0) is 7.05 Å². The number of unbranched alkanes of at least 4 members (excludes halogenated alkanes) is 13. The Morgan fingerprint density at radius 2 is 1.19 bits per heavy atom. The number of benzene rings is 2. The molecular formula is C35H51N2+. The second kappa shape index (κ2) is 17.0. The van der Waals surface area contributed by atoms with Gasteiger partial charge in [-0.15, -0.1) is 0 Å². The molecule has 2 aromatic carbocycles. The summed E-state index contributed by atoms with van der Waals surface area (Å²) in [5, 5.41) is 1.27. The number of fused-ring (bicyclic) bond motifs is 1. The fourth-order valence-electron chi connectivity index (χ4n) is 5.22. The zero-order valence-corrected chi connectivity index (χ0v) is 23.9. The Hall–Kier alpha value is -2.61. The van der Waals surface area contributed by atoms with E-state index in [9.17, 15) is 0 Å². The summed E-state index contributed by atoms with van der Waals surface area (Å²) in [4.78, 5) is 2.40. The van der Waals surface area contributed by atoms with Gasteiger partial charge in [0.2, 0.25) is 11.2 Å². The van der Waals surface area contributed by atoms with Crippen molar-refractivity contribution >= 4 is 28.7 Å². The van der Waals surface area contributed by atoms with Crippen molar-refractivity contribution in [2.75, 3.05) is 18.5 Å². The Morgan fingerprint density at radius 1 is 0.622 bits per heavy atom. The fourth-order valence-corrected chi connectivity index (χ4v) is 5.22. The Labute approximate surface area is 227 Å². The highest BCUT2D eigenvalue weighted by Crippen LogP contribution is 2.18. The number of para-hydroxylation sites is 1. The second-order valence-electron chi connectivity index (χ2n) is 10.8. The van der Waals surface area contributed by atoms with E-state index in [2.05, 4.69) is 103 Å². The van der Waals surface area contributed by atoms with E-state index in [1.165, 1.54) is 118 Å². The van der Waals surface area contributed by atoms with Crippen LogP contribution in [-0.4, -0.2) is 13.6 Å². The van der Waals surface area contributed by atoms with E-state index in [1.54, 1.807) is 0 Å². The molecule has 0 radical (unpaired) electrons. The zero-order valence-electron chi connectivity index (χ0n) is 23.9. The van der Waals surface area contributed by atoms with E-state index in [0.29, 0.717) is 0 Å². The summed E-state index contributed by atoms with van der Waals surface area (Å²) in [7, 11) is 4.36. The molecule has 0 N–H and O–H groups in total. The molecule has 0 aliphatic carbocycles. The molecule has 0 saturated carbocycles. The van der Waals surface area contributed by atoms with Gasteiger partial charge in [0.25, 0.3) is 0 Å². The van der Waals surface area contributed by atoms with Crippen LogP contribution in [0.4, 0.5) is 5.69 Å². The molecule has 3 rings (SSSR count). The van der Waals surface area contributed by atoms with E-state index in [1.807, 2.05) is 0 Å². The first-order chi connectivity index (χ1) is 18.2. The minimum atomic E-state index is 1.14. The third-order valence-corrected chi connectivity index (χ3v) is 7.75. The SMILES string of the molecule is CCCCCCCCCCCCCCCCN(C)c1ccc(/C=C/c2ccc3ccccc3[n+]2C)cc1. The smallest absolute Gasteiger partial charge is 0.212 e. The third-order valence-electron chi connectivity index (χ3n) is 7.75. The molecule has 0 unspecified atom stereocenters. The van der Waals surface area contributed by atoms with E-state index >= 15 is 0 Å². The Balaban J connectivity index is 1.28. The summed E-state index contributed by atoms with van der Waals surface area (Å²) >= 11 is 0. The number of hydrogen-bond donors (Lipinski definition) is 0. The summed E-state index contributed by atoms with van der Waals surface area (Å²) in [5.74, 6) is 0. The monoisotopic (exact) mass is 499 g/mol. The van der Waals surface area contributed by atoms with Crippen LogP contribution >= 0.6 is 0 Å². The van der Waals surface area contributed by atoms with Gasteiger partial charge in [-0.25, -0.2) is 0 Å². The molecule has 0 spiro atoms. The lowest BCUT2D eigenvalue weighted by Gasteiger charge is -2.19. The maximum atomic E-state index is 2.40. The first-order valence-electron chi connectivity index (χ1n) is 15.1. The lowest BCUT2D eigenvalue weighted by Crippen LogP contribution is -2.32. The maximum absolute atomic E-state index is 2.40. The average molecular weight is 500 g/mol. The molecular weight excluding hydrogens is 448 g/mol. The fraction of sp³-hybridized carbons (Fsp3) is 0.514. The van der Waals surface area contributed by atoms with Gasteiger partial charge in [-0.2, -0.15) is 4.57 Å². The second-order valence-corrected chi connectivity index (χ2v) is 10.8. The Morgan fingerprint density at radius 3 is 1.81 bits per heavy atom. The number of nitrogens with zero attached hydrogens (tertiary/aromatic N) is 2. The van der Waals surface area contributed by atoms with Crippen LogP contribution in [0.15, 0.2) is 60.7 Å². The molecule has 0 aliphatic heterocycles. The molecule has 0 bridgehead atoms. The van der Waals surface area contributed by atoms with Gasteiger partial charge in [0.05, 0.1) is 0 Å². The van der Waals surface area contributed by atoms with Crippen molar-refractivity contribution in [3.05, 3.63) is 71.9 Å². The molecule has 1 heterocycles. The van der Waals surface area contributed by atoms with E-state index < -0.39 is 0 Å². The summed E-state index contributed by atoms with van der Waals surface area (Å²) in [5.41, 5.74) is 5.01. The van der Waals surface area contributed by atoms with Gasteiger partial charge in [-0.05, 0) is 42.3 Å². The highest BCUT2D eigenvalue weighted by molar-refractivity contribution is 5.77. The number of rotatable bonds is 18. The molecule has 0 saturated heterocycles. The van der Waals surface area contributed by atoms with Crippen LogP contribution in [0.2, 0.25) is 0 Å².